The highest BCUT2D eigenvalue weighted by molar-refractivity contribution is 7.89. The molecule has 0 saturated carbocycles. The molecule has 0 aliphatic rings. The highest BCUT2D eigenvalue weighted by Crippen LogP contribution is 2.19. The number of sulfonamides is 1. The Hall–Kier alpha value is -2.41. The van der Waals surface area contributed by atoms with Gasteiger partial charge in [0.1, 0.15) is 0 Å². The molecule has 0 bridgehead atoms. The average Bonchev–Trinajstić information content (AvgIpc) is 2.62. The molecule has 0 aromatic heterocycles. The fraction of sp³-hybridized carbons (Fsp3) is 0.105. The average molecular weight is 391 g/mol. The Labute approximate surface area is 158 Å². The van der Waals surface area contributed by atoms with E-state index in [1.54, 1.807) is 36.4 Å². The number of rotatable bonds is 8. The van der Waals surface area contributed by atoms with Gasteiger partial charge in [-0.15, -0.1) is 13.2 Å². The molecule has 0 unspecified atom stereocenters. The molecule has 136 valence electrons. The summed E-state index contributed by atoms with van der Waals surface area (Å²) in [4.78, 5) is 12.3. The number of anilines is 1. The van der Waals surface area contributed by atoms with Crippen LogP contribution in [0.25, 0.3) is 0 Å². The maximum atomic E-state index is 12.6. The predicted molar refractivity (Wildman–Crippen MR) is 105 cm³/mol. The third kappa shape index (κ3) is 4.82. The van der Waals surface area contributed by atoms with Crippen LogP contribution < -0.4 is 5.32 Å². The summed E-state index contributed by atoms with van der Waals surface area (Å²) in [5.41, 5.74) is 0.942. The number of hydrogen-bond donors (Lipinski definition) is 1. The van der Waals surface area contributed by atoms with Crippen molar-refractivity contribution >= 4 is 33.2 Å². The normalized spacial score (nSPS) is 11.2. The standard InChI is InChI=1S/C19H19ClN2O3S/c1-3-13-22(14-4-2)26(24,25)18-11-9-17(10-12-18)21-19(23)15-5-7-16(20)8-6-15/h3-12H,1-2,13-14H2,(H,21,23). The molecule has 0 aliphatic heterocycles. The maximum absolute atomic E-state index is 12.6. The van der Waals surface area contributed by atoms with E-state index in [-0.39, 0.29) is 23.9 Å². The van der Waals surface area contributed by atoms with Gasteiger partial charge in [-0.2, -0.15) is 4.31 Å². The molecule has 2 aromatic carbocycles. The molecule has 1 amide bonds. The number of halogens is 1. The molecule has 0 spiro atoms. The van der Waals surface area contributed by atoms with E-state index in [4.69, 9.17) is 11.6 Å². The first-order valence-corrected chi connectivity index (χ1v) is 9.59. The molecule has 2 rings (SSSR count). The molecule has 7 heteroatoms. The number of nitrogens with zero attached hydrogens (tertiary/aromatic N) is 1. The Balaban J connectivity index is 2.16. The lowest BCUT2D eigenvalue weighted by Gasteiger charge is -2.19. The van der Waals surface area contributed by atoms with Gasteiger partial charge in [-0.3, -0.25) is 4.79 Å². The maximum Gasteiger partial charge on any atom is 0.255 e. The number of benzene rings is 2. The lowest BCUT2D eigenvalue weighted by molar-refractivity contribution is 0.102. The molecule has 0 radical (unpaired) electrons. The van der Waals surface area contributed by atoms with Crippen LogP contribution in [-0.2, 0) is 10.0 Å². The molecule has 26 heavy (non-hydrogen) atoms. The fourth-order valence-electron chi connectivity index (χ4n) is 2.22. The van der Waals surface area contributed by atoms with Gasteiger partial charge in [0.05, 0.1) is 4.90 Å². The van der Waals surface area contributed by atoms with Crippen molar-refractivity contribution in [1.29, 1.82) is 0 Å². The molecule has 0 fully saturated rings. The summed E-state index contributed by atoms with van der Waals surface area (Å²) in [6.07, 6.45) is 3.03. The second-order valence-corrected chi connectivity index (χ2v) is 7.76. The third-order valence-corrected chi connectivity index (χ3v) is 5.62. The van der Waals surface area contributed by atoms with Crippen LogP contribution in [0.5, 0.6) is 0 Å². The Morgan fingerprint density at radius 1 is 1.00 bits per heavy atom. The summed E-state index contributed by atoms with van der Waals surface area (Å²) >= 11 is 5.80. The highest BCUT2D eigenvalue weighted by atomic mass is 35.5. The second kappa shape index (κ2) is 8.80. The van der Waals surface area contributed by atoms with Crippen molar-refractivity contribution in [3.8, 4) is 0 Å². The van der Waals surface area contributed by atoms with Crippen LogP contribution in [0.1, 0.15) is 10.4 Å². The van der Waals surface area contributed by atoms with Gasteiger partial charge in [0.25, 0.3) is 5.91 Å². The van der Waals surface area contributed by atoms with Gasteiger partial charge in [0.15, 0.2) is 0 Å². The van der Waals surface area contributed by atoms with Crippen molar-refractivity contribution in [2.45, 2.75) is 4.90 Å². The topological polar surface area (TPSA) is 66.5 Å². The molecular weight excluding hydrogens is 372 g/mol. The molecule has 0 atom stereocenters. The zero-order valence-electron chi connectivity index (χ0n) is 14.1. The summed E-state index contributed by atoms with van der Waals surface area (Å²) in [6.45, 7) is 7.52. The monoisotopic (exact) mass is 390 g/mol. The molecule has 0 aliphatic carbocycles. The van der Waals surface area contributed by atoms with Crippen LogP contribution in [0.2, 0.25) is 5.02 Å². The molecule has 1 N–H and O–H groups in total. The van der Waals surface area contributed by atoms with Crippen LogP contribution in [0.3, 0.4) is 0 Å². The number of carbonyl (C=O) groups is 1. The SMILES string of the molecule is C=CCN(CC=C)S(=O)(=O)c1ccc(NC(=O)c2ccc(Cl)cc2)cc1. The van der Waals surface area contributed by atoms with E-state index < -0.39 is 10.0 Å². The molecule has 2 aromatic rings. The molecule has 0 heterocycles. The smallest absolute Gasteiger partial charge is 0.255 e. The lowest BCUT2D eigenvalue weighted by atomic mass is 10.2. The summed E-state index contributed by atoms with van der Waals surface area (Å²) in [6, 6.07) is 12.5. The van der Waals surface area contributed by atoms with Gasteiger partial charge >= 0.3 is 0 Å². The zero-order chi connectivity index (χ0) is 19.2. The Morgan fingerprint density at radius 3 is 2.04 bits per heavy atom. The third-order valence-electron chi connectivity index (χ3n) is 3.52. The number of carbonyl (C=O) groups excluding carboxylic acids is 1. The predicted octanol–water partition coefficient (Wildman–Crippen LogP) is 3.96. The van der Waals surface area contributed by atoms with Crippen molar-refractivity contribution in [3.63, 3.8) is 0 Å². The molecule has 5 nitrogen and oxygen atoms in total. The van der Waals surface area contributed by atoms with Crippen LogP contribution in [0.15, 0.2) is 78.7 Å². The Bertz CT molecular complexity index is 881. The Morgan fingerprint density at radius 2 is 1.54 bits per heavy atom. The van der Waals surface area contributed by atoms with E-state index in [0.717, 1.165) is 0 Å². The van der Waals surface area contributed by atoms with Gasteiger partial charge in [0, 0.05) is 29.4 Å². The van der Waals surface area contributed by atoms with Crippen LogP contribution in [-0.4, -0.2) is 31.7 Å². The first-order chi connectivity index (χ1) is 12.4. The number of nitrogens with one attached hydrogen (secondary N) is 1. The first kappa shape index (κ1) is 19.9. The number of hydrogen-bond acceptors (Lipinski definition) is 3. The summed E-state index contributed by atoms with van der Waals surface area (Å²) in [7, 11) is -3.66. The van der Waals surface area contributed by atoms with Gasteiger partial charge in [-0.25, -0.2) is 8.42 Å². The van der Waals surface area contributed by atoms with Gasteiger partial charge in [-0.05, 0) is 48.5 Å². The number of amides is 1. The quantitative estimate of drug-likeness (QED) is 0.694. The van der Waals surface area contributed by atoms with E-state index in [1.165, 1.54) is 28.6 Å². The minimum Gasteiger partial charge on any atom is -0.322 e. The van der Waals surface area contributed by atoms with Crippen LogP contribution >= 0.6 is 11.6 Å². The largest absolute Gasteiger partial charge is 0.322 e. The van der Waals surface area contributed by atoms with Crippen molar-refractivity contribution in [1.82, 2.24) is 4.31 Å². The van der Waals surface area contributed by atoms with Crippen molar-refractivity contribution < 1.29 is 13.2 Å². The van der Waals surface area contributed by atoms with E-state index >= 15 is 0 Å². The summed E-state index contributed by atoms with van der Waals surface area (Å²) in [5, 5.41) is 3.25. The second-order valence-electron chi connectivity index (χ2n) is 5.38. The van der Waals surface area contributed by atoms with Crippen LogP contribution in [0, 0.1) is 0 Å². The molecule has 0 saturated heterocycles. The van der Waals surface area contributed by atoms with Crippen molar-refractivity contribution in [3.05, 3.63) is 84.4 Å². The fourth-order valence-corrected chi connectivity index (χ4v) is 3.73. The zero-order valence-corrected chi connectivity index (χ0v) is 15.6. The van der Waals surface area contributed by atoms with E-state index in [0.29, 0.717) is 16.3 Å². The van der Waals surface area contributed by atoms with E-state index in [1.807, 2.05) is 0 Å². The minimum absolute atomic E-state index is 0.130. The lowest BCUT2D eigenvalue weighted by Crippen LogP contribution is -2.31. The van der Waals surface area contributed by atoms with Crippen molar-refractivity contribution in [2.24, 2.45) is 0 Å². The van der Waals surface area contributed by atoms with Crippen molar-refractivity contribution in [2.75, 3.05) is 18.4 Å². The van der Waals surface area contributed by atoms with Gasteiger partial charge < -0.3 is 5.32 Å². The highest BCUT2D eigenvalue weighted by Gasteiger charge is 2.22. The van der Waals surface area contributed by atoms with Gasteiger partial charge in [-0.1, -0.05) is 23.8 Å². The van der Waals surface area contributed by atoms with Crippen LogP contribution in [0.4, 0.5) is 5.69 Å². The summed E-state index contributed by atoms with van der Waals surface area (Å²) in [5.74, 6) is -0.308. The van der Waals surface area contributed by atoms with E-state index in [2.05, 4.69) is 18.5 Å². The first-order valence-electron chi connectivity index (χ1n) is 7.77. The molecular formula is C19H19ClN2O3S. The minimum atomic E-state index is -3.66. The van der Waals surface area contributed by atoms with Gasteiger partial charge in [0.2, 0.25) is 10.0 Å². The Kier molecular flexibility index (Phi) is 6.74. The summed E-state index contributed by atoms with van der Waals surface area (Å²) < 4.78 is 26.5. The van der Waals surface area contributed by atoms with E-state index in [9.17, 15) is 13.2 Å².